The molecular weight excluding hydrogens is 302 g/mol. The van der Waals surface area contributed by atoms with E-state index in [1.165, 1.54) is 0 Å². The summed E-state index contributed by atoms with van der Waals surface area (Å²) in [7, 11) is 0. The molecule has 0 aliphatic rings. The maximum Gasteiger partial charge on any atom is 0.333 e. The van der Waals surface area contributed by atoms with Gasteiger partial charge in [0.1, 0.15) is 0 Å². The zero-order valence-corrected chi connectivity index (χ0v) is 12.7. The van der Waals surface area contributed by atoms with Crippen LogP contribution in [-0.2, 0) is 0 Å². The van der Waals surface area contributed by atoms with E-state index in [0.717, 1.165) is 5.56 Å². The normalized spacial score (nSPS) is 11.4. The second-order valence-corrected chi connectivity index (χ2v) is 5.13. The molecule has 0 aliphatic carbocycles. The monoisotopic (exact) mass is 317 g/mol. The molecule has 0 bridgehead atoms. The fourth-order valence-corrected chi connectivity index (χ4v) is 2.07. The first-order chi connectivity index (χ1) is 10.6. The molecular formula is C16H16ClN3O2. The van der Waals surface area contributed by atoms with Crippen molar-refractivity contribution in [2.75, 3.05) is 0 Å². The molecule has 5 nitrogen and oxygen atoms in total. The summed E-state index contributed by atoms with van der Waals surface area (Å²) in [4.78, 5) is 23.6. The van der Waals surface area contributed by atoms with Gasteiger partial charge in [-0.2, -0.15) is 0 Å². The second kappa shape index (κ2) is 7.47. The number of carbonyl (C=O) groups is 2. The number of urea groups is 1. The van der Waals surface area contributed by atoms with E-state index in [1.54, 1.807) is 36.4 Å². The molecule has 3 amide bonds. The van der Waals surface area contributed by atoms with Crippen LogP contribution in [0, 0.1) is 0 Å². The van der Waals surface area contributed by atoms with Crippen LogP contribution in [0.15, 0.2) is 54.6 Å². The van der Waals surface area contributed by atoms with Crippen molar-refractivity contribution < 1.29 is 9.59 Å². The quantitative estimate of drug-likeness (QED) is 0.761. The Morgan fingerprint density at radius 2 is 1.73 bits per heavy atom. The summed E-state index contributed by atoms with van der Waals surface area (Å²) in [6.45, 7) is 1.82. The van der Waals surface area contributed by atoms with Crippen molar-refractivity contribution in [1.29, 1.82) is 0 Å². The average Bonchev–Trinajstić information content (AvgIpc) is 2.53. The highest BCUT2D eigenvalue weighted by Crippen LogP contribution is 2.16. The molecule has 0 radical (unpaired) electrons. The minimum Gasteiger partial charge on any atom is -0.330 e. The van der Waals surface area contributed by atoms with Gasteiger partial charge in [0.15, 0.2) is 0 Å². The van der Waals surface area contributed by atoms with Crippen molar-refractivity contribution in [1.82, 2.24) is 16.2 Å². The highest BCUT2D eigenvalue weighted by atomic mass is 35.5. The minimum atomic E-state index is -0.503. The van der Waals surface area contributed by atoms with Crippen molar-refractivity contribution in [3.8, 4) is 0 Å². The molecule has 0 spiro atoms. The smallest absolute Gasteiger partial charge is 0.330 e. The van der Waals surface area contributed by atoms with Crippen molar-refractivity contribution in [2.45, 2.75) is 13.0 Å². The third-order valence-corrected chi connectivity index (χ3v) is 3.26. The van der Waals surface area contributed by atoms with Gasteiger partial charge in [0.2, 0.25) is 0 Å². The van der Waals surface area contributed by atoms with E-state index in [1.807, 2.05) is 25.1 Å². The summed E-state index contributed by atoms with van der Waals surface area (Å²) in [5, 5.41) is 3.31. The van der Waals surface area contributed by atoms with Crippen molar-refractivity contribution in [3.05, 3.63) is 70.7 Å². The molecule has 0 saturated carbocycles. The van der Waals surface area contributed by atoms with Gasteiger partial charge >= 0.3 is 6.03 Å². The van der Waals surface area contributed by atoms with E-state index in [2.05, 4.69) is 16.2 Å². The van der Waals surface area contributed by atoms with E-state index in [9.17, 15) is 9.59 Å². The third-order valence-electron chi connectivity index (χ3n) is 3.02. The molecule has 2 aromatic rings. The van der Waals surface area contributed by atoms with Gasteiger partial charge in [-0.15, -0.1) is 0 Å². The molecule has 0 aromatic heterocycles. The summed E-state index contributed by atoms with van der Waals surface area (Å²) in [5.74, 6) is -0.383. The molecule has 114 valence electrons. The van der Waals surface area contributed by atoms with Crippen LogP contribution in [0.3, 0.4) is 0 Å². The van der Waals surface area contributed by atoms with E-state index in [4.69, 9.17) is 11.6 Å². The molecule has 1 unspecified atom stereocenters. The summed E-state index contributed by atoms with van der Waals surface area (Å²) in [5.41, 5.74) is 5.99. The van der Waals surface area contributed by atoms with Gasteiger partial charge in [-0.3, -0.25) is 10.2 Å². The van der Waals surface area contributed by atoms with Crippen LogP contribution in [0.25, 0.3) is 0 Å². The number of halogens is 1. The summed E-state index contributed by atoms with van der Waals surface area (Å²) < 4.78 is 0. The highest BCUT2D eigenvalue weighted by Gasteiger charge is 2.11. The highest BCUT2D eigenvalue weighted by molar-refractivity contribution is 6.30. The van der Waals surface area contributed by atoms with Crippen LogP contribution in [-0.4, -0.2) is 11.9 Å². The van der Waals surface area contributed by atoms with E-state index < -0.39 is 6.03 Å². The zero-order chi connectivity index (χ0) is 15.9. The Labute approximate surface area is 133 Å². The lowest BCUT2D eigenvalue weighted by atomic mass is 10.1. The number of nitrogens with one attached hydrogen (secondary N) is 3. The number of hydrogen-bond acceptors (Lipinski definition) is 2. The first-order valence-electron chi connectivity index (χ1n) is 6.73. The van der Waals surface area contributed by atoms with E-state index in [0.29, 0.717) is 10.6 Å². The topological polar surface area (TPSA) is 70.2 Å². The molecule has 3 N–H and O–H groups in total. The molecule has 2 aromatic carbocycles. The summed E-state index contributed by atoms with van der Waals surface area (Å²) in [6.07, 6.45) is 0. The Kier molecular flexibility index (Phi) is 5.38. The molecule has 0 saturated heterocycles. The molecule has 0 fully saturated rings. The number of rotatable bonds is 3. The second-order valence-electron chi connectivity index (χ2n) is 4.70. The number of hydrogen-bond donors (Lipinski definition) is 3. The first-order valence-corrected chi connectivity index (χ1v) is 7.11. The van der Waals surface area contributed by atoms with Crippen LogP contribution in [0.5, 0.6) is 0 Å². The molecule has 2 rings (SSSR count). The van der Waals surface area contributed by atoms with Crippen LogP contribution in [0.4, 0.5) is 4.79 Å². The lowest BCUT2D eigenvalue weighted by Gasteiger charge is -2.15. The van der Waals surface area contributed by atoms with Gasteiger partial charge in [-0.1, -0.05) is 41.9 Å². The van der Waals surface area contributed by atoms with Crippen molar-refractivity contribution in [2.24, 2.45) is 0 Å². The lowest BCUT2D eigenvalue weighted by molar-refractivity contribution is 0.0936. The molecule has 1 atom stereocenters. The minimum absolute atomic E-state index is 0.243. The maximum atomic E-state index is 11.8. The Morgan fingerprint density at radius 3 is 2.41 bits per heavy atom. The van der Waals surface area contributed by atoms with Crippen LogP contribution >= 0.6 is 11.6 Å². The van der Waals surface area contributed by atoms with Gasteiger partial charge in [-0.25, -0.2) is 10.2 Å². The number of benzene rings is 2. The largest absolute Gasteiger partial charge is 0.333 e. The van der Waals surface area contributed by atoms with E-state index in [-0.39, 0.29) is 11.9 Å². The predicted molar refractivity (Wildman–Crippen MR) is 85.4 cm³/mol. The Bertz CT molecular complexity index is 661. The van der Waals surface area contributed by atoms with Crippen LogP contribution in [0.1, 0.15) is 28.9 Å². The SMILES string of the molecule is CC(NC(=O)NNC(=O)c1ccccc1)c1cccc(Cl)c1. The Hall–Kier alpha value is -2.53. The van der Waals surface area contributed by atoms with Gasteiger partial charge in [0.25, 0.3) is 5.91 Å². The first kappa shape index (κ1) is 15.9. The zero-order valence-electron chi connectivity index (χ0n) is 12.0. The third kappa shape index (κ3) is 4.49. The van der Waals surface area contributed by atoms with Crippen LogP contribution in [0.2, 0.25) is 5.02 Å². The number of amides is 3. The van der Waals surface area contributed by atoms with Gasteiger partial charge in [0, 0.05) is 10.6 Å². The Morgan fingerprint density at radius 1 is 1.00 bits per heavy atom. The molecule has 0 heterocycles. The molecule has 6 heteroatoms. The average molecular weight is 318 g/mol. The molecule has 22 heavy (non-hydrogen) atoms. The predicted octanol–water partition coefficient (Wildman–Crippen LogP) is 3.05. The maximum absolute atomic E-state index is 11.8. The fraction of sp³-hybridized carbons (Fsp3) is 0.125. The van der Waals surface area contributed by atoms with Crippen molar-refractivity contribution >= 4 is 23.5 Å². The van der Waals surface area contributed by atoms with Gasteiger partial charge in [0.05, 0.1) is 6.04 Å². The van der Waals surface area contributed by atoms with Gasteiger partial charge < -0.3 is 5.32 Å². The molecule has 0 aliphatic heterocycles. The van der Waals surface area contributed by atoms with Gasteiger partial charge in [-0.05, 0) is 36.8 Å². The standard InChI is InChI=1S/C16H16ClN3O2/c1-11(13-8-5-9-14(17)10-13)18-16(22)20-19-15(21)12-6-3-2-4-7-12/h2-11H,1H3,(H,19,21)(H2,18,20,22). The summed E-state index contributed by atoms with van der Waals surface area (Å²) >= 11 is 5.91. The summed E-state index contributed by atoms with van der Waals surface area (Å²) in [6, 6.07) is 15.1. The number of carbonyl (C=O) groups excluding carboxylic acids is 2. The Balaban J connectivity index is 1.84. The van der Waals surface area contributed by atoms with E-state index >= 15 is 0 Å². The van der Waals surface area contributed by atoms with Crippen molar-refractivity contribution in [3.63, 3.8) is 0 Å². The number of hydrazine groups is 1. The van der Waals surface area contributed by atoms with Crippen LogP contribution < -0.4 is 16.2 Å². The lowest BCUT2D eigenvalue weighted by Crippen LogP contribution is -2.47. The fourth-order valence-electron chi connectivity index (χ4n) is 1.87.